The third kappa shape index (κ3) is 4.60. The van der Waals surface area contributed by atoms with Crippen LogP contribution in [-0.2, 0) is 4.74 Å². The monoisotopic (exact) mass is 340 g/mol. The fourth-order valence-corrected chi connectivity index (χ4v) is 2.36. The molecule has 23 heavy (non-hydrogen) atoms. The number of carbonyl (C=O) groups is 1. The van der Waals surface area contributed by atoms with Gasteiger partial charge < -0.3 is 25.3 Å². The quantitative estimate of drug-likeness (QED) is 0.688. The van der Waals surface area contributed by atoms with Gasteiger partial charge in [0.2, 0.25) is 0 Å². The topological polar surface area (TPSA) is 94.6 Å². The molecule has 0 saturated heterocycles. The Balaban J connectivity index is 2.01. The lowest BCUT2D eigenvalue weighted by molar-refractivity contribution is 0.0136. The molecule has 4 N–H and O–H groups in total. The van der Waals surface area contributed by atoms with Crippen LogP contribution in [-0.4, -0.2) is 39.5 Å². The molecule has 0 aliphatic heterocycles. The lowest BCUT2D eigenvalue weighted by Crippen LogP contribution is -2.38. The number of halogens is 1. The molecule has 0 fully saturated rings. The van der Waals surface area contributed by atoms with E-state index in [0.717, 1.165) is 10.9 Å². The minimum atomic E-state index is -1.17. The number of fused-ring (bicyclic) bond motifs is 1. The number of aliphatic hydroxyl groups is 2. The summed E-state index contributed by atoms with van der Waals surface area (Å²) >= 11 is 5.91. The number of hydrogen-bond donors (Lipinski definition) is 4. The van der Waals surface area contributed by atoms with Crippen LogP contribution in [0.4, 0.5) is 4.79 Å². The Morgan fingerprint density at radius 1 is 1.39 bits per heavy atom. The average molecular weight is 341 g/mol. The van der Waals surface area contributed by atoms with Crippen molar-refractivity contribution >= 4 is 28.6 Å². The molecule has 2 aromatic rings. The van der Waals surface area contributed by atoms with Crippen molar-refractivity contribution in [3.05, 3.63) is 35.0 Å². The number of amides is 1. The summed E-state index contributed by atoms with van der Waals surface area (Å²) in [6.45, 7) is 5.11. The van der Waals surface area contributed by atoms with Gasteiger partial charge in [-0.05, 0) is 32.9 Å². The van der Waals surface area contributed by atoms with Crippen LogP contribution < -0.4 is 5.32 Å². The lowest BCUT2D eigenvalue weighted by Gasteiger charge is -2.22. The van der Waals surface area contributed by atoms with E-state index in [0.29, 0.717) is 10.6 Å². The van der Waals surface area contributed by atoms with E-state index in [-0.39, 0.29) is 6.54 Å². The van der Waals surface area contributed by atoms with Crippen LogP contribution in [0.15, 0.2) is 24.4 Å². The predicted molar refractivity (Wildman–Crippen MR) is 88.5 cm³/mol. The minimum absolute atomic E-state index is 0.129. The van der Waals surface area contributed by atoms with Gasteiger partial charge in [-0.2, -0.15) is 0 Å². The maximum Gasteiger partial charge on any atom is 0.407 e. The molecular weight excluding hydrogens is 320 g/mol. The summed E-state index contributed by atoms with van der Waals surface area (Å²) in [4.78, 5) is 14.6. The van der Waals surface area contributed by atoms with Gasteiger partial charge in [0, 0.05) is 34.2 Å². The number of rotatable bonds is 4. The van der Waals surface area contributed by atoms with E-state index in [1.54, 1.807) is 45.2 Å². The van der Waals surface area contributed by atoms with Crippen LogP contribution in [0.1, 0.15) is 32.4 Å². The number of aliphatic hydroxyl groups excluding tert-OH is 2. The summed E-state index contributed by atoms with van der Waals surface area (Å²) in [6.07, 6.45) is -1.35. The van der Waals surface area contributed by atoms with Gasteiger partial charge in [0.1, 0.15) is 17.8 Å². The fraction of sp³-hybridized carbons (Fsp3) is 0.438. The Bertz CT molecular complexity index is 693. The van der Waals surface area contributed by atoms with Crippen LogP contribution in [0.3, 0.4) is 0 Å². The zero-order valence-corrected chi connectivity index (χ0v) is 14.0. The first kappa shape index (κ1) is 17.6. The summed E-state index contributed by atoms with van der Waals surface area (Å²) in [5.74, 6) is 0. The zero-order valence-electron chi connectivity index (χ0n) is 13.3. The van der Waals surface area contributed by atoms with Crippen LogP contribution in [0.5, 0.6) is 0 Å². The summed E-state index contributed by atoms with van der Waals surface area (Å²) in [7, 11) is 0. The number of nitrogens with one attached hydrogen (secondary N) is 2. The van der Waals surface area contributed by atoms with E-state index >= 15 is 0 Å². The number of H-pyrrole nitrogens is 1. The van der Waals surface area contributed by atoms with E-state index < -0.39 is 23.9 Å². The average Bonchev–Trinajstić information content (AvgIpc) is 2.84. The number of aromatic nitrogens is 1. The zero-order chi connectivity index (χ0) is 17.2. The second kappa shape index (κ2) is 6.78. The molecule has 2 unspecified atom stereocenters. The highest BCUT2D eigenvalue weighted by atomic mass is 35.5. The number of ether oxygens (including phenoxy) is 1. The Morgan fingerprint density at radius 3 is 2.74 bits per heavy atom. The molecule has 2 rings (SSSR count). The third-order valence-corrected chi connectivity index (χ3v) is 3.45. The van der Waals surface area contributed by atoms with Gasteiger partial charge in [-0.3, -0.25) is 0 Å². The summed E-state index contributed by atoms with van der Waals surface area (Å²) in [5.41, 5.74) is 0.679. The summed E-state index contributed by atoms with van der Waals surface area (Å²) in [6, 6.07) is 5.21. The predicted octanol–water partition coefficient (Wildman–Crippen LogP) is 2.74. The largest absolute Gasteiger partial charge is 0.444 e. The van der Waals surface area contributed by atoms with Crippen molar-refractivity contribution in [1.29, 1.82) is 0 Å². The maximum absolute atomic E-state index is 11.6. The van der Waals surface area contributed by atoms with Gasteiger partial charge in [0.05, 0.1) is 0 Å². The number of aromatic amines is 1. The van der Waals surface area contributed by atoms with Gasteiger partial charge in [-0.15, -0.1) is 0 Å². The van der Waals surface area contributed by atoms with Crippen LogP contribution in [0, 0.1) is 0 Å². The van der Waals surface area contributed by atoms with E-state index in [1.807, 2.05) is 0 Å². The molecule has 126 valence electrons. The molecule has 0 radical (unpaired) electrons. The number of hydrogen-bond acceptors (Lipinski definition) is 4. The van der Waals surface area contributed by atoms with Gasteiger partial charge in [0.25, 0.3) is 0 Å². The van der Waals surface area contributed by atoms with Crippen molar-refractivity contribution in [3.63, 3.8) is 0 Å². The molecule has 1 amide bonds. The van der Waals surface area contributed by atoms with Crippen molar-refractivity contribution in [2.75, 3.05) is 6.54 Å². The number of benzene rings is 1. The van der Waals surface area contributed by atoms with E-state index in [9.17, 15) is 15.0 Å². The molecule has 1 aromatic heterocycles. The van der Waals surface area contributed by atoms with Crippen LogP contribution >= 0.6 is 11.6 Å². The molecule has 0 bridgehead atoms. The van der Waals surface area contributed by atoms with Gasteiger partial charge in [-0.1, -0.05) is 17.7 Å². The number of carbonyl (C=O) groups excluding carboxylic acids is 1. The van der Waals surface area contributed by atoms with Crippen molar-refractivity contribution in [3.8, 4) is 0 Å². The Labute approximate surface area is 139 Å². The highest BCUT2D eigenvalue weighted by Gasteiger charge is 2.23. The molecule has 7 heteroatoms. The van der Waals surface area contributed by atoms with Gasteiger partial charge in [0.15, 0.2) is 0 Å². The summed E-state index contributed by atoms with van der Waals surface area (Å²) in [5, 5.41) is 24.2. The third-order valence-electron chi connectivity index (χ3n) is 3.21. The minimum Gasteiger partial charge on any atom is -0.444 e. The van der Waals surface area contributed by atoms with Gasteiger partial charge in [-0.25, -0.2) is 4.79 Å². The van der Waals surface area contributed by atoms with E-state index in [2.05, 4.69) is 10.3 Å². The van der Waals surface area contributed by atoms with Crippen LogP contribution in [0.2, 0.25) is 5.02 Å². The first-order chi connectivity index (χ1) is 10.7. The molecule has 1 aromatic carbocycles. The highest BCUT2D eigenvalue weighted by molar-refractivity contribution is 6.31. The van der Waals surface area contributed by atoms with Crippen molar-refractivity contribution in [2.24, 2.45) is 0 Å². The second-order valence-corrected chi connectivity index (χ2v) is 6.77. The molecule has 0 spiro atoms. The Morgan fingerprint density at radius 2 is 2.09 bits per heavy atom. The molecule has 0 aliphatic carbocycles. The molecule has 1 heterocycles. The van der Waals surface area contributed by atoms with Crippen molar-refractivity contribution in [2.45, 2.75) is 38.6 Å². The molecule has 0 aliphatic rings. The molecule has 0 saturated carbocycles. The number of alkyl carbamates (subject to hydrolysis) is 1. The highest BCUT2D eigenvalue weighted by Crippen LogP contribution is 2.28. The van der Waals surface area contributed by atoms with Crippen molar-refractivity contribution < 1.29 is 19.7 Å². The molecule has 2 atom stereocenters. The smallest absolute Gasteiger partial charge is 0.407 e. The first-order valence-corrected chi connectivity index (χ1v) is 7.64. The molecule has 6 nitrogen and oxygen atoms in total. The summed E-state index contributed by atoms with van der Waals surface area (Å²) < 4.78 is 5.08. The fourth-order valence-electron chi connectivity index (χ4n) is 2.19. The SMILES string of the molecule is CC(C)(C)OC(=O)NCC(O)C(O)c1c[nH]c2cc(Cl)ccc12. The van der Waals surface area contributed by atoms with E-state index in [1.165, 1.54) is 0 Å². The van der Waals surface area contributed by atoms with Gasteiger partial charge >= 0.3 is 6.09 Å². The normalized spacial score (nSPS) is 14.5. The Hall–Kier alpha value is -1.76. The Kier molecular flexibility index (Phi) is 5.19. The maximum atomic E-state index is 11.6. The second-order valence-electron chi connectivity index (χ2n) is 6.33. The standard InChI is InChI=1S/C16H21ClN2O4/c1-16(2,3)23-15(22)19-8-13(20)14(21)11-7-18-12-6-9(17)4-5-10(11)12/h4-7,13-14,18,20-21H,8H2,1-3H3,(H,19,22). The van der Waals surface area contributed by atoms with Crippen molar-refractivity contribution in [1.82, 2.24) is 10.3 Å². The van der Waals surface area contributed by atoms with E-state index in [4.69, 9.17) is 16.3 Å². The van der Waals surface area contributed by atoms with Crippen LogP contribution in [0.25, 0.3) is 10.9 Å². The molecular formula is C16H21ClN2O4. The first-order valence-electron chi connectivity index (χ1n) is 7.27. The lowest BCUT2D eigenvalue weighted by atomic mass is 10.0.